The van der Waals surface area contributed by atoms with E-state index in [1.165, 1.54) is 0 Å². The number of aromatic nitrogens is 2. The Hall–Kier alpha value is -2.51. The Kier molecular flexibility index (Phi) is 5.28. The van der Waals surface area contributed by atoms with E-state index in [9.17, 15) is 13.6 Å². The molecule has 1 fully saturated rings. The lowest BCUT2D eigenvalue weighted by Gasteiger charge is -2.34. The molecule has 4 rings (SSSR count). The second-order valence-corrected chi connectivity index (χ2v) is 7.29. The Labute approximate surface area is 165 Å². The van der Waals surface area contributed by atoms with Crippen molar-refractivity contribution < 1.29 is 13.6 Å². The van der Waals surface area contributed by atoms with Gasteiger partial charge in [0.15, 0.2) is 5.82 Å². The fraction of sp³-hybridized carbons (Fsp3) is 0.300. The Morgan fingerprint density at radius 1 is 1.14 bits per heavy atom. The number of nitrogens with one attached hydrogen (secondary N) is 1. The van der Waals surface area contributed by atoms with Gasteiger partial charge >= 0.3 is 0 Å². The van der Waals surface area contributed by atoms with Crippen molar-refractivity contribution in [2.24, 2.45) is 0 Å². The van der Waals surface area contributed by atoms with Gasteiger partial charge in [-0.1, -0.05) is 23.7 Å². The molecule has 0 bridgehead atoms. The van der Waals surface area contributed by atoms with Crippen LogP contribution in [0.25, 0.3) is 11.0 Å². The zero-order valence-electron chi connectivity index (χ0n) is 15.0. The number of carbonyl (C=O) groups excluding carboxylic acids is 1. The van der Waals surface area contributed by atoms with E-state index in [1.54, 1.807) is 23.1 Å². The summed E-state index contributed by atoms with van der Waals surface area (Å²) in [6.45, 7) is 3.55. The number of hydrogen-bond acceptors (Lipinski definition) is 3. The number of alkyl halides is 2. The van der Waals surface area contributed by atoms with E-state index in [0.29, 0.717) is 29.7 Å². The highest BCUT2D eigenvalue weighted by atomic mass is 35.5. The monoisotopic (exact) mass is 404 g/mol. The van der Waals surface area contributed by atoms with Crippen LogP contribution in [0.1, 0.15) is 28.2 Å². The summed E-state index contributed by atoms with van der Waals surface area (Å²) in [5.74, 6) is -0.480. The number of rotatable bonds is 4. The number of imidazole rings is 1. The summed E-state index contributed by atoms with van der Waals surface area (Å²) >= 11 is 6.04. The minimum absolute atomic E-state index is 0.0995. The number of hydrogen-bond donors (Lipinski definition) is 1. The Balaban J connectivity index is 1.40. The molecule has 28 heavy (non-hydrogen) atoms. The van der Waals surface area contributed by atoms with E-state index >= 15 is 0 Å². The van der Waals surface area contributed by atoms with Crippen molar-refractivity contribution in [3.05, 3.63) is 64.4 Å². The maximum atomic E-state index is 12.8. The molecule has 1 aliphatic rings. The third-order valence-electron chi connectivity index (χ3n) is 4.91. The van der Waals surface area contributed by atoms with Gasteiger partial charge in [0.25, 0.3) is 12.3 Å². The topological polar surface area (TPSA) is 52.2 Å². The maximum absolute atomic E-state index is 12.8. The zero-order chi connectivity index (χ0) is 19.7. The van der Waals surface area contributed by atoms with E-state index in [4.69, 9.17) is 11.6 Å². The molecule has 0 aliphatic carbocycles. The van der Waals surface area contributed by atoms with Crippen molar-refractivity contribution in [3.63, 3.8) is 0 Å². The normalized spacial score (nSPS) is 15.5. The first kappa shape index (κ1) is 18.8. The number of carbonyl (C=O) groups is 1. The molecule has 2 aromatic carbocycles. The molecule has 8 heteroatoms. The van der Waals surface area contributed by atoms with Crippen molar-refractivity contribution in [3.8, 4) is 0 Å². The van der Waals surface area contributed by atoms with Crippen LogP contribution < -0.4 is 0 Å². The SMILES string of the molecule is O=C(c1ccc2nc(C(F)F)[nH]c2c1)N1CCN(Cc2cccc(Cl)c2)CC1. The van der Waals surface area contributed by atoms with Crippen LogP contribution in [0.2, 0.25) is 5.02 Å². The molecule has 1 N–H and O–H groups in total. The lowest BCUT2D eigenvalue weighted by atomic mass is 10.1. The molecule has 2 heterocycles. The molecule has 0 unspecified atom stereocenters. The molecular weight excluding hydrogens is 386 g/mol. The number of benzene rings is 2. The Bertz CT molecular complexity index is 999. The van der Waals surface area contributed by atoms with Gasteiger partial charge < -0.3 is 9.88 Å². The van der Waals surface area contributed by atoms with Gasteiger partial charge in [-0.25, -0.2) is 13.8 Å². The summed E-state index contributed by atoms with van der Waals surface area (Å²) < 4.78 is 25.6. The summed E-state index contributed by atoms with van der Waals surface area (Å²) in [7, 11) is 0. The fourth-order valence-corrected chi connectivity index (χ4v) is 3.66. The lowest BCUT2D eigenvalue weighted by molar-refractivity contribution is 0.0628. The van der Waals surface area contributed by atoms with Gasteiger partial charge in [-0.05, 0) is 35.9 Å². The van der Waals surface area contributed by atoms with Crippen molar-refractivity contribution >= 4 is 28.5 Å². The van der Waals surface area contributed by atoms with E-state index < -0.39 is 6.43 Å². The molecule has 1 aliphatic heterocycles. The fourth-order valence-electron chi connectivity index (χ4n) is 3.45. The van der Waals surface area contributed by atoms with Crippen LogP contribution in [-0.4, -0.2) is 51.9 Å². The van der Waals surface area contributed by atoms with Gasteiger partial charge in [0.05, 0.1) is 11.0 Å². The average molecular weight is 405 g/mol. The molecular formula is C20H19ClF2N4O. The standard InChI is InChI=1S/C20H19ClF2N4O/c21-15-3-1-2-13(10-15)12-26-6-8-27(9-7-26)20(28)14-4-5-16-17(11-14)25-19(24-16)18(22)23/h1-5,10-11,18H,6-9,12H2,(H,24,25). The molecule has 1 saturated heterocycles. The smallest absolute Gasteiger partial charge is 0.295 e. The zero-order valence-corrected chi connectivity index (χ0v) is 15.8. The first-order chi connectivity index (χ1) is 13.5. The number of amides is 1. The minimum Gasteiger partial charge on any atom is -0.337 e. The Morgan fingerprint density at radius 2 is 1.93 bits per heavy atom. The molecule has 146 valence electrons. The second kappa shape index (κ2) is 7.85. The second-order valence-electron chi connectivity index (χ2n) is 6.85. The van der Waals surface area contributed by atoms with Crippen molar-refractivity contribution in [1.82, 2.24) is 19.8 Å². The number of nitrogens with zero attached hydrogens (tertiary/aromatic N) is 3. The van der Waals surface area contributed by atoms with Gasteiger partial charge in [0, 0.05) is 43.3 Å². The highest BCUT2D eigenvalue weighted by molar-refractivity contribution is 6.30. The summed E-state index contributed by atoms with van der Waals surface area (Å²) in [6, 6.07) is 12.6. The molecule has 0 atom stereocenters. The first-order valence-electron chi connectivity index (χ1n) is 9.03. The number of H-pyrrole nitrogens is 1. The van der Waals surface area contributed by atoms with Crippen LogP contribution in [0.4, 0.5) is 8.78 Å². The van der Waals surface area contributed by atoms with Crippen LogP contribution >= 0.6 is 11.6 Å². The summed E-state index contributed by atoms with van der Waals surface area (Å²) in [5, 5.41) is 0.718. The predicted molar refractivity (Wildman–Crippen MR) is 104 cm³/mol. The van der Waals surface area contributed by atoms with Gasteiger partial charge in [-0.2, -0.15) is 0 Å². The van der Waals surface area contributed by atoms with Crippen LogP contribution in [0.3, 0.4) is 0 Å². The summed E-state index contributed by atoms with van der Waals surface area (Å²) in [6.07, 6.45) is -2.67. The quantitative estimate of drug-likeness (QED) is 0.712. The summed E-state index contributed by atoms with van der Waals surface area (Å²) in [4.78, 5) is 23.3. The number of halogens is 3. The van der Waals surface area contributed by atoms with Gasteiger partial charge in [-0.3, -0.25) is 9.69 Å². The molecule has 3 aromatic rings. The van der Waals surface area contributed by atoms with Crippen molar-refractivity contribution in [1.29, 1.82) is 0 Å². The Morgan fingerprint density at radius 3 is 2.64 bits per heavy atom. The number of aromatic amines is 1. The molecule has 1 aromatic heterocycles. The third-order valence-corrected chi connectivity index (χ3v) is 5.14. The molecule has 1 amide bonds. The average Bonchev–Trinajstić information content (AvgIpc) is 3.12. The highest BCUT2D eigenvalue weighted by Gasteiger charge is 2.23. The molecule has 0 saturated carbocycles. The third kappa shape index (κ3) is 4.00. The van der Waals surface area contributed by atoms with Gasteiger partial charge in [-0.15, -0.1) is 0 Å². The van der Waals surface area contributed by atoms with Crippen molar-refractivity contribution in [2.45, 2.75) is 13.0 Å². The van der Waals surface area contributed by atoms with Gasteiger partial charge in [0.1, 0.15) is 0 Å². The number of fused-ring (bicyclic) bond motifs is 1. The molecule has 0 spiro atoms. The van der Waals surface area contributed by atoms with Crippen molar-refractivity contribution in [2.75, 3.05) is 26.2 Å². The maximum Gasteiger partial charge on any atom is 0.295 e. The number of piperazine rings is 1. The van der Waals surface area contributed by atoms with Crippen LogP contribution in [0.15, 0.2) is 42.5 Å². The summed E-state index contributed by atoms with van der Waals surface area (Å²) in [5.41, 5.74) is 2.49. The van der Waals surface area contributed by atoms with E-state index in [2.05, 4.69) is 14.9 Å². The van der Waals surface area contributed by atoms with E-state index in [1.807, 2.05) is 24.3 Å². The van der Waals surface area contributed by atoms with Gasteiger partial charge in [0.2, 0.25) is 0 Å². The van der Waals surface area contributed by atoms with E-state index in [-0.39, 0.29) is 11.7 Å². The van der Waals surface area contributed by atoms with Crippen LogP contribution in [0.5, 0.6) is 0 Å². The predicted octanol–water partition coefficient (Wildman–Crippen LogP) is 4.11. The largest absolute Gasteiger partial charge is 0.337 e. The minimum atomic E-state index is -2.67. The highest BCUT2D eigenvalue weighted by Crippen LogP contribution is 2.22. The van der Waals surface area contributed by atoms with Crippen LogP contribution in [-0.2, 0) is 6.54 Å². The van der Waals surface area contributed by atoms with Crippen LogP contribution in [0, 0.1) is 0 Å². The first-order valence-corrected chi connectivity index (χ1v) is 9.41. The molecule has 0 radical (unpaired) electrons. The van der Waals surface area contributed by atoms with E-state index in [0.717, 1.165) is 30.2 Å². The molecule has 5 nitrogen and oxygen atoms in total. The lowest BCUT2D eigenvalue weighted by Crippen LogP contribution is -2.48.